The fraction of sp³-hybridized carbons (Fsp3) is 0.500. The average Bonchev–Trinajstić information content (AvgIpc) is 2.39. The first-order valence-electron chi connectivity index (χ1n) is 6.67. The van der Waals surface area contributed by atoms with Gasteiger partial charge >= 0.3 is 0 Å². The van der Waals surface area contributed by atoms with Gasteiger partial charge in [-0.25, -0.2) is 0 Å². The first-order chi connectivity index (χ1) is 9.13. The molecule has 1 atom stereocenters. The standard InChI is InChI=1S/C14H21N3O2/c15-12-5-1-4-11(14(16)19)13(12)17-7-2-3-10(9-17)6-8-18/h1,4-5,10,18H,2-3,6-9,15H2,(H2,16,19). The molecule has 2 rings (SSSR count). The summed E-state index contributed by atoms with van der Waals surface area (Å²) in [5, 5.41) is 9.06. The van der Waals surface area contributed by atoms with Gasteiger partial charge in [-0.3, -0.25) is 4.79 Å². The maximum Gasteiger partial charge on any atom is 0.250 e. The zero-order valence-electron chi connectivity index (χ0n) is 11.0. The second kappa shape index (κ2) is 5.93. The number of rotatable bonds is 4. The smallest absolute Gasteiger partial charge is 0.250 e. The molecule has 1 aromatic carbocycles. The zero-order valence-corrected chi connectivity index (χ0v) is 11.0. The quantitative estimate of drug-likeness (QED) is 0.706. The third kappa shape index (κ3) is 2.98. The van der Waals surface area contributed by atoms with Crippen LogP contribution >= 0.6 is 0 Å². The van der Waals surface area contributed by atoms with Crippen molar-refractivity contribution in [2.45, 2.75) is 19.3 Å². The van der Waals surface area contributed by atoms with Crippen LogP contribution in [0.5, 0.6) is 0 Å². The minimum Gasteiger partial charge on any atom is -0.397 e. The molecule has 1 fully saturated rings. The van der Waals surface area contributed by atoms with Crippen molar-refractivity contribution in [2.75, 3.05) is 30.3 Å². The van der Waals surface area contributed by atoms with Crippen molar-refractivity contribution in [1.29, 1.82) is 0 Å². The normalized spacial score (nSPS) is 19.4. The number of aliphatic hydroxyl groups is 1. The Hall–Kier alpha value is -1.75. The molecule has 1 saturated heterocycles. The van der Waals surface area contributed by atoms with E-state index in [9.17, 15) is 4.79 Å². The molecule has 1 aromatic rings. The number of hydrogen-bond acceptors (Lipinski definition) is 4. The number of primary amides is 1. The summed E-state index contributed by atoms with van der Waals surface area (Å²) in [7, 11) is 0. The van der Waals surface area contributed by atoms with Crippen molar-refractivity contribution >= 4 is 17.3 Å². The van der Waals surface area contributed by atoms with E-state index in [2.05, 4.69) is 4.90 Å². The van der Waals surface area contributed by atoms with E-state index in [1.165, 1.54) is 0 Å². The number of carbonyl (C=O) groups is 1. The summed E-state index contributed by atoms with van der Waals surface area (Å²) in [5.41, 5.74) is 13.2. The van der Waals surface area contributed by atoms with Gasteiger partial charge in [-0.05, 0) is 37.3 Å². The second-order valence-electron chi connectivity index (χ2n) is 5.07. The Morgan fingerprint density at radius 1 is 1.47 bits per heavy atom. The topological polar surface area (TPSA) is 92.6 Å². The summed E-state index contributed by atoms with van der Waals surface area (Å²) in [5.74, 6) is -0.00864. The molecule has 0 aliphatic carbocycles. The van der Waals surface area contributed by atoms with E-state index in [4.69, 9.17) is 16.6 Å². The summed E-state index contributed by atoms with van der Waals surface area (Å²) in [6.45, 7) is 1.89. The van der Waals surface area contributed by atoms with E-state index >= 15 is 0 Å². The molecule has 1 heterocycles. The molecule has 0 aromatic heterocycles. The average molecular weight is 263 g/mol. The number of anilines is 2. The third-order valence-corrected chi connectivity index (χ3v) is 3.71. The summed E-state index contributed by atoms with van der Waals surface area (Å²) < 4.78 is 0. The summed E-state index contributed by atoms with van der Waals surface area (Å²) in [6.07, 6.45) is 2.93. The van der Waals surface area contributed by atoms with Crippen molar-refractivity contribution in [3.8, 4) is 0 Å². The van der Waals surface area contributed by atoms with Gasteiger partial charge in [0.25, 0.3) is 5.91 Å². The molecular formula is C14H21N3O2. The number of benzene rings is 1. The fourth-order valence-electron chi connectivity index (χ4n) is 2.80. The Kier molecular flexibility index (Phi) is 4.27. The largest absolute Gasteiger partial charge is 0.397 e. The van der Waals surface area contributed by atoms with E-state index in [0.717, 1.165) is 38.0 Å². The lowest BCUT2D eigenvalue weighted by atomic mass is 9.94. The highest BCUT2D eigenvalue weighted by Crippen LogP contribution is 2.32. The van der Waals surface area contributed by atoms with E-state index in [1.807, 2.05) is 0 Å². The third-order valence-electron chi connectivity index (χ3n) is 3.71. The monoisotopic (exact) mass is 263 g/mol. The zero-order chi connectivity index (χ0) is 13.8. The molecule has 1 unspecified atom stereocenters. The Labute approximate surface area is 113 Å². The minimum absolute atomic E-state index is 0.200. The van der Waals surface area contributed by atoms with Crippen LogP contribution in [0.25, 0.3) is 0 Å². The van der Waals surface area contributed by atoms with Gasteiger partial charge in [0, 0.05) is 19.7 Å². The molecule has 0 saturated carbocycles. The highest BCUT2D eigenvalue weighted by molar-refractivity contribution is 6.01. The van der Waals surface area contributed by atoms with Crippen LogP contribution in [0.15, 0.2) is 18.2 Å². The summed E-state index contributed by atoms with van der Waals surface area (Å²) >= 11 is 0. The van der Waals surface area contributed by atoms with Crippen LogP contribution in [-0.2, 0) is 0 Å². The van der Waals surface area contributed by atoms with Crippen LogP contribution in [0.1, 0.15) is 29.6 Å². The van der Waals surface area contributed by atoms with Gasteiger partial charge in [0.1, 0.15) is 0 Å². The van der Waals surface area contributed by atoms with Crippen LogP contribution in [0.3, 0.4) is 0 Å². The van der Waals surface area contributed by atoms with Gasteiger partial charge in [-0.15, -0.1) is 0 Å². The van der Waals surface area contributed by atoms with E-state index < -0.39 is 5.91 Å². The number of piperidine rings is 1. The molecule has 19 heavy (non-hydrogen) atoms. The molecule has 5 heteroatoms. The van der Waals surface area contributed by atoms with Gasteiger partial charge in [0.2, 0.25) is 0 Å². The number of amides is 1. The Morgan fingerprint density at radius 3 is 2.95 bits per heavy atom. The number of aliphatic hydroxyl groups excluding tert-OH is 1. The summed E-state index contributed by atoms with van der Waals surface area (Å²) in [4.78, 5) is 13.6. The van der Waals surface area contributed by atoms with Crippen molar-refractivity contribution in [3.63, 3.8) is 0 Å². The van der Waals surface area contributed by atoms with Crippen molar-refractivity contribution in [1.82, 2.24) is 0 Å². The number of nitrogen functional groups attached to an aromatic ring is 1. The highest BCUT2D eigenvalue weighted by atomic mass is 16.3. The first kappa shape index (κ1) is 13.7. The Balaban J connectivity index is 2.28. The van der Waals surface area contributed by atoms with Crippen LogP contribution in [-0.4, -0.2) is 30.7 Å². The summed E-state index contributed by atoms with van der Waals surface area (Å²) in [6, 6.07) is 5.25. The molecule has 5 N–H and O–H groups in total. The minimum atomic E-state index is -0.452. The molecule has 1 aliphatic heterocycles. The second-order valence-corrected chi connectivity index (χ2v) is 5.07. The van der Waals surface area contributed by atoms with E-state index in [0.29, 0.717) is 17.2 Å². The van der Waals surface area contributed by atoms with E-state index in [1.54, 1.807) is 18.2 Å². The highest BCUT2D eigenvalue weighted by Gasteiger charge is 2.24. The predicted octanol–water partition coefficient (Wildman–Crippen LogP) is 0.966. The number of carbonyl (C=O) groups excluding carboxylic acids is 1. The van der Waals surface area contributed by atoms with Crippen molar-refractivity contribution in [2.24, 2.45) is 11.7 Å². The Bertz CT molecular complexity index is 460. The molecule has 1 amide bonds. The van der Waals surface area contributed by atoms with Crippen LogP contribution in [0.2, 0.25) is 0 Å². The van der Waals surface area contributed by atoms with Gasteiger partial charge in [0.15, 0.2) is 0 Å². The first-order valence-corrected chi connectivity index (χ1v) is 6.67. The SMILES string of the molecule is NC(=O)c1cccc(N)c1N1CCCC(CCO)C1. The number of nitrogens with two attached hydrogens (primary N) is 2. The molecule has 1 aliphatic rings. The number of hydrogen-bond donors (Lipinski definition) is 3. The van der Waals surface area contributed by atoms with Crippen molar-refractivity contribution in [3.05, 3.63) is 23.8 Å². The lowest BCUT2D eigenvalue weighted by Crippen LogP contribution is -2.37. The van der Waals surface area contributed by atoms with Gasteiger partial charge < -0.3 is 21.5 Å². The van der Waals surface area contributed by atoms with Gasteiger partial charge in [0.05, 0.1) is 16.9 Å². The van der Waals surface area contributed by atoms with E-state index in [-0.39, 0.29) is 6.61 Å². The molecule has 5 nitrogen and oxygen atoms in total. The fourth-order valence-corrected chi connectivity index (χ4v) is 2.80. The lowest BCUT2D eigenvalue weighted by Gasteiger charge is -2.35. The molecule has 0 spiro atoms. The Morgan fingerprint density at radius 2 is 2.26 bits per heavy atom. The lowest BCUT2D eigenvalue weighted by molar-refractivity contribution is 0.100. The molecule has 0 radical (unpaired) electrons. The van der Waals surface area contributed by atoms with Crippen LogP contribution < -0.4 is 16.4 Å². The van der Waals surface area contributed by atoms with Gasteiger partial charge in [-0.1, -0.05) is 6.07 Å². The van der Waals surface area contributed by atoms with Crippen LogP contribution in [0, 0.1) is 5.92 Å². The number of para-hydroxylation sites is 1. The number of nitrogens with zero attached hydrogens (tertiary/aromatic N) is 1. The van der Waals surface area contributed by atoms with Crippen LogP contribution in [0.4, 0.5) is 11.4 Å². The maximum absolute atomic E-state index is 11.5. The van der Waals surface area contributed by atoms with Gasteiger partial charge in [-0.2, -0.15) is 0 Å². The molecule has 0 bridgehead atoms. The maximum atomic E-state index is 11.5. The molecular weight excluding hydrogens is 242 g/mol. The van der Waals surface area contributed by atoms with Crippen molar-refractivity contribution < 1.29 is 9.90 Å². The molecule has 104 valence electrons. The predicted molar refractivity (Wildman–Crippen MR) is 76.0 cm³/mol.